The number of carbonyl (C=O) groups is 1. The van der Waals surface area contributed by atoms with Crippen LogP contribution in [-0.4, -0.2) is 32.2 Å². The van der Waals surface area contributed by atoms with Gasteiger partial charge in [-0.05, 0) is 23.8 Å². The van der Waals surface area contributed by atoms with E-state index in [4.69, 9.17) is 14.2 Å². The molecule has 1 amide bonds. The fourth-order valence-corrected chi connectivity index (χ4v) is 2.26. The minimum absolute atomic E-state index is 0.0946. The lowest BCUT2D eigenvalue weighted by Gasteiger charge is -2.11. The molecule has 0 bridgehead atoms. The Morgan fingerprint density at radius 2 is 1.64 bits per heavy atom. The van der Waals surface area contributed by atoms with Gasteiger partial charge in [0.1, 0.15) is 5.75 Å². The van der Waals surface area contributed by atoms with E-state index in [2.05, 4.69) is 5.32 Å². The van der Waals surface area contributed by atoms with Crippen LogP contribution < -0.4 is 19.5 Å². The molecule has 0 atom stereocenters. The first-order valence-corrected chi connectivity index (χ1v) is 7.31. The molecular formula is C17H18N2O6. The monoisotopic (exact) mass is 346 g/mol. The third kappa shape index (κ3) is 4.17. The van der Waals surface area contributed by atoms with Crippen LogP contribution in [0.25, 0.3) is 0 Å². The Hall–Kier alpha value is -3.29. The van der Waals surface area contributed by atoms with Gasteiger partial charge < -0.3 is 19.5 Å². The summed E-state index contributed by atoms with van der Waals surface area (Å²) in [5.74, 6) is 0.908. The number of carbonyl (C=O) groups excluding carboxylic acids is 1. The number of nitrogens with zero attached hydrogens (tertiary/aromatic N) is 1. The van der Waals surface area contributed by atoms with E-state index in [-0.39, 0.29) is 23.5 Å². The highest BCUT2D eigenvalue weighted by Gasteiger charge is 2.17. The van der Waals surface area contributed by atoms with Gasteiger partial charge >= 0.3 is 0 Å². The zero-order chi connectivity index (χ0) is 18.4. The van der Waals surface area contributed by atoms with Gasteiger partial charge in [-0.15, -0.1) is 0 Å². The molecule has 0 radical (unpaired) electrons. The minimum atomic E-state index is -0.565. The molecule has 0 aliphatic heterocycles. The molecule has 2 aromatic carbocycles. The number of benzene rings is 2. The van der Waals surface area contributed by atoms with Crippen LogP contribution >= 0.6 is 0 Å². The van der Waals surface area contributed by atoms with Gasteiger partial charge in [-0.1, -0.05) is 6.07 Å². The molecule has 0 spiro atoms. The minimum Gasteiger partial charge on any atom is -0.496 e. The summed E-state index contributed by atoms with van der Waals surface area (Å²) < 4.78 is 15.5. The number of non-ortho nitro benzene ring substituents is 1. The summed E-state index contributed by atoms with van der Waals surface area (Å²) in [6, 6.07) is 9.11. The van der Waals surface area contributed by atoms with Crippen LogP contribution in [0.4, 0.5) is 5.69 Å². The van der Waals surface area contributed by atoms with Crippen molar-refractivity contribution in [3.05, 3.63) is 57.6 Å². The number of nitrogens with one attached hydrogen (secondary N) is 1. The van der Waals surface area contributed by atoms with Crippen LogP contribution in [0.1, 0.15) is 15.9 Å². The largest absolute Gasteiger partial charge is 0.496 e. The van der Waals surface area contributed by atoms with Crippen molar-refractivity contribution in [2.45, 2.75) is 6.54 Å². The van der Waals surface area contributed by atoms with Crippen LogP contribution in [0.15, 0.2) is 36.4 Å². The zero-order valence-electron chi connectivity index (χ0n) is 14.1. The van der Waals surface area contributed by atoms with Gasteiger partial charge in [-0.3, -0.25) is 14.9 Å². The standard InChI is InChI=1S/C17H18N2O6/c1-23-14-7-5-12(19(21)22)9-13(14)17(20)18-10-11-4-6-15(24-2)16(8-11)25-3/h4-9H,10H2,1-3H3,(H,18,20). The van der Waals surface area contributed by atoms with E-state index in [1.807, 2.05) is 0 Å². The summed E-state index contributed by atoms with van der Waals surface area (Å²) >= 11 is 0. The van der Waals surface area contributed by atoms with Crippen molar-refractivity contribution in [3.63, 3.8) is 0 Å². The van der Waals surface area contributed by atoms with Crippen molar-refractivity contribution in [2.75, 3.05) is 21.3 Å². The van der Waals surface area contributed by atoms with Gasteiger partial charge in [-0.25, -0.2) is 0 Å². The first-order chi connectivity index (χ1) is 12.0. The molecule has 2 aromatic rings. The first-order valence-electron chi connectivity index (χ1n) is 7.31. The maximum Gasteiger partial charge on any atom is 0.270 e. The van der Waals surface area contributed by atoms with Crippen molar-refractivity contribution in [1.29, 1.82) is 0 Å². The van der Waals surface area contributed by atoms with Crippen LogP contribution in [-0.2, 0) is 6.54 Å². The van der Waals surface area contributed by atoms with Crippen LogP contribution in [0.5, 0.6) is 17.2 Å². The highest BCUT2D eigenvalue weighted by Crippen LogP contribution is 2.28. The Morgan fingerprint density at radius 3 is 2.24 bits per heavy atom. The summed E-state index contributed by atoms with van der Waals surface area (Å²) in [7, 11) is 4.45. The maximum absolute atomic E-state index is 12.4. The highest BCUT2D eigenvalue weighted by atomic mass is 16.6. The van der Waals surface area contributed by atoms with Crippen LogP contribution in [0.2, 0.25) is 0 Å². The molecule has 0 aliphatic carbocycles. The predicted octanol–water partition coefficient (Wildman–Crippen LogP) is 2.55. The van der Waals surface area contributed by atoms with E-state index >= 15 is 0 Å². The molecule has 25 heavy (non-hydrogen) atoms. The Labute approximate surface area is 144 Å². The second-order valence-electron chi connectivity index (χ2n) is 5.01. The predicted molar refractivity (Wildman–Crippen MR) is 90.4 cm³/mol. The smallest absolute Gasteiger partial charge is 0.270 e. The third-order valence-electron chi connectivity index (χ3n) is 3.54. The number of methoxy groups -OCH3 is 3. The van der Waals surface area contributed by atoms with E-state index in [9.17, 15) is 14.9 Å². The number of hydrogen-bond acceptors (Lipinski definition) is 6. The Bertz CT molecular complexity index is 791. The molecule has 2 rings (SSSR count). The molecule has 0 saturated carbocycles. The van der Waals surface area contributed by atoms with E-state index in [1.54, 1.807) is 18.2 Å². The van der Waals surface area contributed by atoms with Gasteiger partial charge in [0, 0.05) is 18.7 Å². The second-order valence-corrected chi connectivity index (χ2v) is 5.01. The number of nitro benzene ring substituents is 1. The molecule has 0 aliphatic rings. The lowest BCUT2D eigenvalue weighted by Crippen LogP contribution is -2.23. The van der Waals surface area contributed by atoms with Gasteiger partial charge in [0.15, 0.2) is 11.5 Å². The average molecular weight is 346 g/mol. The summed E-state index contributed by atoms with van der Waals surface area (Å²) in [6.45, 7) is 0.213. The van der Waals surface area contributed by atoms with E-state index in [1.165, 1.54) is 39.5 Å². The number of rotatable bonds is 7. The number of amides is 1. The SMILES string of the molecule is COc1ccc(CNC(=O)c2cc([N+](=O)[O-])ccc2OC)cc1OC. The van der Waals surface area contributed by atoms with Crippen molar-refractivity contribution < 1.29 is 23.9 Å². The first kappa shape index (κ1) is 18.1. The molecule has 0 heterocycles. The van der Waals surface area contributed by atoms with Crippen molar-refractivity contribution in [3.8, 4) is 17.2 Å². The third-order valence-corrected chi connectivity index (χ3v) is 3.54. The van der Waals surface area contributed by atoms with Crippen molar-refractivity contribution >= 4 is 11.6 Å². The molecule has 0 aromatic heterocycles. The van der Waals surface area contributed by atoms with E-state index < -0.39 is 10.8 Å². The summed E-state index contributed by atoms with van der Waals surface area (Å²) in [4.78, 5) is 22.7. The fraction of sp³-hybridized carbons (Fsp3) is 0.235. The number of hydrogen-bond donors (Lipinski definition) is 1. The maximum atomic E-state index is 12.4. The fourth-order valence-electron chi connectivity index (χ4n) is 2.26. The zero-order valence-corrected chi connectivity index (χ0v) is 14.1. The Kier molecular flexibility index (Phi) is 5.78. The number of nitro groups is 1. The Morgan fingerprint density at radius 1 is 1.00 bits per heavy atom. The molecule has 0 unspecified atom stereocenters. The summed E-state index contributed by atoms with van der Waals surface area (Å²) in [6.07, 6.45) is 0. The molecule has 8 heteroatoms. The summed E-state index contributed by atoms with van der Waals surface area (Å²) in [5.41, 5.74) is 0.699. The normalized spacial score (nSPS) is 10.0. The van der Waals surface area contributed by atoms with Crippen LogP contribution in [0, 0.1) is 10.1 Å². The second kappa shape index (κ2) is 8.00. The molecule has 1 N–H and O–H groups in total. The van der Waals surface area contributed by atoms with Gasteiger partial charge in [0.2, 0.25) is 0 Å². The van der Waals surface area contributed by atoms with E-state index in [0.29, 0.717) is 11.5 Å². The van der Waals surface area contributed by atoms with E-state index in [0.717, 1.165) is 5.56 Å². The highest BCUT2D eigenvalue weighted by molar-refractivity contribution is 5.97. The van der Waals surface area contributed by atoms with Crippen LogP contribution in [0.3, 0.4) is 0 Å². The van der Waals surface area contributed by atoms with Gasteiger partial charge in [-0.2, -0.15) is 0 Å². The average Bonchev–Trinajstić information content (AvgIpc) is 2.64. The Balaban J connectivity index is 2.17. The van der Waals surface area contributed by atoms with Crippen molar-refractivity contribution in [1.82, 2.24) is 5.32 Å². The number of ether oxygens (including phenoxy) is 3. The lowest BCUT2D eigenvalue weighted by atomic mass is 10.1. The molecule has 0 fully saturated rings. The topological polar surface area (TPSA) is 99.9 Å². The van der Waals surface area contributed by atoms with Gasteiger partial charge in [0.25, 0.3) is 11.6 Å². The molecule has 8 nitrogen and oxygen atoms in total. The van der Waals surface area contributed by atoms with Gasteiger partial charge in [0.05, 0.1) is 31.8 Å². The molecular weight excluding hydrogens is 328 g/mol. The quantitative estimate of drug-likeness (QED) is 0.611. The summed E-state index contributed by atoms with van der Waals surface area (Å²) in [5, 5.41) is 13.6. The molecule has 132 valence electrons. The molecule has 0 saturated heterocycles. The lowest BCUT2D eigenvalue weighted by molar-refractivity contribution is -0.384. The van der Waals surface area contributed by atoms with Crippen molar-refractivity contribution in [2.24, 2.45) is 0 Å².